The minimum atomic E-state index is -0.842. The molecule has 4 rings (SSSR count). The molecule has 6 nitrogen and oxygen atoms in total. The third-order valence-electron chi connectivity index (χ3n) is 6.54. The summed E-state index contributed by atoms with van der Waals surface area (Å²) in [4.78, 5) is 32.2. The van der Waals surface area contributed by atoms with Gasteiger partial charge in [0.15, 0.2) is 0 Å². The minimum Gasteiger partial charge on any atom is -0.507 e. The van der Waals surface area contributed by atoms with Gasteiger partial charge >= 0.3 is 0 Å². The molecule has 0 bridgehead atoms. The average Bonchev–Trinajstić information content (AvgIpc) is 3.15. The standard InChI is InChI=1S/C29H30FN3O3/c1-5-32(6-2)23-15-17-24(18-16-23)33-26(19-9-13-22(14-10-19)31(3)4)25(28(35)29(33)36)27(34)20-7-11-21(30)12-8-20/h7-18,26,34H,5-6H2,1-4H3/b27-25-. The Morgan fingerprint density at radius 3 is 1.94 bits per heavy atom. The van der Waals surface area contributed by atoms with Gasteiger partial charge in [0, 0.05) is 49.8 Å². The number of carbonyl (C=O) groups is 2. The zero-order valence-corrected chi connectivity index (χ0v) is 20.9. The first-order valence-corrected chi connectivity index (χ1v) is 12.0. The number of rotatable bonds is 7. The molecule has 7 heteroatoms. The second-order valence-electron chi connectivity index (χ2n) is 8.85. The Hall–Kier alpha value is -4.13. The molecule has 0 radical (unpaired) electrons. The van der Waals surface area contributed by atoms with Gasteiger partial charge in [-0.2, -0.15) is 0 Å². The molecule has 0 aromatic heterocycles. The second-order valence-corrected chi connectivity index (χ2v) is 8.85. The molecule has 1 amide bonds. The molecule has 1 heterocycles. The lowest BCUT2D eigenvalue weighted by atomic mass is 9.95. The third kappa shape index (κ3) is 4.56. The number of carbonyl (C=O) groups excluding carboxylic acids is 2. The van der Waals surface area contributed by atoms with E-state index in [1.807, 2.05) is 67.5 Å². The van der Waals surface area contributed by atoms with Crippen LogP contribution in [0.5, 0.6) is 0 Å². The van der Waals surface area contributed by atoms with Crippen LogP contribution in [0.25, 0.3) is 5.76 Å². The summed E-state index contributed by atoms with van der Waals surface area (Å²) in [5.74, 6) is -2.31. The van der Waals surface area contributed by atoms with E-state index in [0.717, 1.165) is 24.5 Å². The van der Waals surface area contributed by atoms with Crippen molar-refractivity contribution in [2.75, 3.05) is 41.9 Å². The molecule has 1 aliphatic heterocycles. The lowest BCUT2D eigenvalue weighted by Gasteiger charge is -2.27. The summed E-state index contributed by atoms with van der Waals surface area (Å²) < 4.78 is 13.5. The molecular weight excluding hydrogens is 457 g/mol. The topological polar surface area (TPSA) is 64.1 Å². The predicted molar refractivity (Wildman–Crippen MR) is 142 cm³/mol. The minimum absolute atomic E-state index is 0.0305. The number of Topliss-reactive ketones (excluding diaryl/α,β-unsaturated/α-hetero) is 1. The number of anilines is 3. The summed E-state index contributed by atoms with van der Waals surface area (Å²) in [6.45, 7) is 5.83. The maximum Gasteiger partial charge on any atom is 0.300 e. The van der Waals surface area contributed by atoms with Crippen LogP contribution in [-0.4, -0.2) is 44.0 Å². The van der Waals surface area contributed by atoms with E-state index in [1.165, 1.54) is 29.2 Å². The summed E-state index contributed by atoms with van der Waals surface area (Å²) in [5.41, 5.74) is 3.43. The maximum atomic E-state index is 13.5. The van der Waals surface area contributed by atoms with Crippen molar-refractivity contribution in [3.63, 3.8) is 0 Å². The summed E-state index contributed by atoms with van der Waals surface area (Å²) in [6.07, 6.45) is 0. The fraction of sp³-hybridized carbons (Fsp3) is 0.241. The van der Waals surface area contributed by atoms with Gasteiger partial charge < -0.3 is 14.9 Å². The first kappa shape index (κ1) is 25.0. The molecule has 3 aromatic rings. The maximum absolute atomic E-state index is 13.5. The Kier molecular flexibility index (Phi) is 7.10. The molecular formula is C29H30FN3O3. The van der Waals surface area contributed by atoms with Crippen molar-refractivity contribution in [1.29, 1.82) is 0 Å². The Balaban J connectivity index is 1.86. The number of nitrogens with zero attached hydrogens (tertiary/aromatic N) is 3. The highest BCUT2D eigenvalue weighted by molar-refractivity contribution is 6.51. The van der Waals surface area contributed by atoms with Crippen LogP contribution in [0.15, 0.2) is 78.4 Å². The van der Waals surface area contributed by atoms with Crippen LogP contribution < -0.4 is 14.7 Å². The molecule has 36 heavy (non-hydrogen) atoms. The Labute approximate surface area is 210 Å². The van der Waals surface area contributed by atoms with E-state index in [9.17, 15) is 19.1 Å². The smallest absolute Gasteiger partial charge is 0.300 e. The lowest BCUT2D eigenvalue weighted by Crippen LogP contribution is -2.29. The first-order chi connectivity index (χ1) is 17.3. The van der Waals surface area contributed by atoms with Gasteiger partial charge in [-0.3, -0.25) is 14.5 Å². The summed E-state index contributed by atoms with van der Waals surface area (Å²) in [6, 6.07) is 19.3. The van der Waals surface area contributed by atoms with E-state index < -0.39 is 23.5 Å². The molecule has 3 aromatic carbocycles. The number of amides is 1. The van der Waals surface area contributed by atoms with E-state index in [4.69, 9.17) is 0 Å². The summed E-state index contributed by atoms with van der Waals surface area (Å²) >= 11 is 0. The molecule has 1 atom stereocenters. The average molecular weight is 488 g/mol. The lowest BCUT2D eigenvalue weighted by molar-refractivity contribution is -0.132. The number of hydrogen-bond acceptors (Lipinski definition) is 5. The van der Waals surface area contributed by atoms with E-state index in [-0.39, 0.29) is 16.9 Å². The van der Waals surface area contributed by atoms with E-state index in [1.54, 1.807) is 0 Å². The number of aliphatic hydroxyl groups excluding tert-OH is 1. The van der Waals surface area contributed by atoms with E-state index >= 15 is 0 Å². The van der Waals surface area contributed by atoms with E-state index in [0.29, 0.717) is 11.3 Å². The number of hydrogen-bond donors (Lipinski definition) is 1. The molecule has 1 aliphatic rings. The number of benzene rings is 3. The second kappa shape index (κ2) is 10.2. The normalized spacial score (nSPS) is 16.9. The predicted octanol–water partition coefficient (Wildman–Crippen LogP) is 5.36. The van der Waals surface area contributed by atoms with Crippen LogP contribution in [0.2, 0.25) is 0 Å². The molecule has 0 aliphatic carbocycles. The van der Waals surface area contributed by atoms with Crippen molar-refractivity contribution in [3.05, 3.63) is 95.3 Å². The third-order valence-corrected chi connectivity index (χ3v) is 6.54. The molecule has 0 saturated carbocycles. The zero-order chi connectivity index (χ0) is 26.0. The van der Waals surface area contributed by atoms with Gasteiger partial charge in [-0.15, -0.1) is 0 Å². The quantitative estimate of drug-likeness (QED) is 0.276. The molecule has 1 fully saturated rings. The van der Waals surface area contributed by atoms with Gasteiger partial charge in [0.2, 0.25) is 0 Å². The zero-order valence-electron chi connectivity index (χ0n) is 20.9. The van der Waals surface area contributed by atoms with Gasteiger partial charge in [-0.05, 0) is 80.1 Å². The van der Waals surface area contributed by atoms with Crippen LogP contribution in [0.4, 0.5) is 21.5 Å². The highest BCUT2D eigenvalue weighted by atomic mass is 19.1. The first-order valence-electron chi connectivity index (χ1n) is 12.0. The molecule has 1 unspecified atom stereocenters. The monoisotopic (exact) mass is 487 g/mol. The van der Waals surface area contributed by atoms with Crippen LogP contribution >= 0.6 is 0 Å². The van der Waals surface area contributed by atoms with Crippen molar-refractivity contribution >= 4 is 34.5 Å². The van der Waals surface area contributed by atoms with Crippen LogP contribution in [-0.2, 0) is 9.59 Å². The van der Waals surface area contributed by atoms with Crippen molar-refractivity contribution < 1.29 is 19.1 Å². The largest absolute Gasteiger partial charge is 0.507 e. The van der Waals surface area contributed by atoms with Gasteiger partial charge in [-0.25, -0.2) is 4.39 Å². The molecule has 1 saturated heterocycles. The van der Waals surface area contributed by atoms with Crippen molar-refractivity contribution in [1.82, 2.24) is 0 Å². The molecule has 1 N–H and O–H groups in total. The van der Waals surface area contributed by atoms with Crippen molar-refractivity contribution in [3.8, 4) is 0 Å². The van der Waals surface area contributed by atoms with Crippen LogP contribution in [0.1, 0.15) is 31.0 Å². The van der Waals surface area contributed by atoms with Gasteiger partial charge in [0.05, 0.1) is 11.6 Å². The van der Waals surface area contributed by atoms with E-state index in [2.05, 4.69) is 18.7 Å². The fourth-order valence-corrected chi connectivity index (χ4v) is 4.55. The SMILES string of the molecule is CCN(CC)c1ccc(N2C(=O)C(=O)/C(=C(\O)c3ccc(F)cc3)C2c2ccc(N(C)C)cc2)cc1. The van der Waals surface area contributed by atoms with Crippen molar-refractivity contribution in [2.24, 2.45) is 0 Å². The molecule has 186 valence electrons. The van der Waals surface area contributed by atoms with Gasteiger partial charge in [-0.1, -0.05) is 12.1 Å². The Morgan fingerprint density at radius 1 is 0.861 bits per heavy atom. The number of aliphatic hydroxyl groups is 1. The fourth-order valence-electron chi connectivity index (χ4n) is 4.55. The highest BCUT2D eigenvalue weighted by Crippen LogP contribution is 2.42. The summed E-state index contributed by atoms with van der Waals surface area (Å²) in [5, 5.41) is 11.2. The Bertz CT molecular complexity index is 1280. The molecule has 0 spiro atoms. The van der Waals surface area contributed by atoms with Gasteiger partial charge in [0.1, 0.15) is 11.6 Å². The van der Waals surface area contributed by atoms with Crippen molar-refractivity contribution in [2.45, 2.75) is 19.9 Å². The highest BCUT2D eigenvalue weighted by Gasteiger charge is 2.47. The van der Waals surface area contributed by atoms with Crippen LogP contribution in [0, 0.1) is 5.82 Å². The number of ketones is 1. The summed E-state index contributed by atoms with van der Waals surface area (Å²) in [7, 11) is 3.85. The Morgan fingerprint density at radius 2 is 1.42 bits per heavy atom. The van der Waals surface area contributed by atoms with Gasteiger partial charge in [0.25, 0.3) is 11.7 Å². The van der Waals surface area contributed by atoms with Crippen LogP contribution in [0.3, 0.4) is 0 Å². The number of halogens is 1.